The Morgan fingerprint density at radius 1 is 1.27 bits per heavy atom. The molecule has 0 aromatic heterocycles. The minimum absolute atomic E-state index is 0.0194. The van der Waals surface area contributed by atoms with Crippen molar-refractivity contribution in [3.63, 3.8) is 0 Å². The number of halogens is 3. The molecule has 0 spiro atoms. The summed E-state index contributed by atoms with van der Waals surface area (Å²) in [6.07, 6.45) is -2.33. The van der Waals surface area contributed by atoms with Crippen LogP contribution in [0.2, 0.25) is 0 Å². The summed E-state index contributed by atoms with van der Waals surface area (Å²) in [5.74, 6) is -2.01. The predicted molar refractivity (Wildman–Crippen MR) is 85.4 cm³/mol. The van der Waals surface area contributed by atoms with E-state index in [2.05, 4.69) is 0 Å². The second-order valence-corrected chi connectivity index (χ2v) is 6.07. The molecule has 1 amide bonds. The molecule has 1 aromatic rings. The van der Waals surface area contributed by atoms with E-state index in [-0.39, 0.29) is 17.4 Å². The van der Waals surface area contributed by atoms with Crippen LogP contribution in [0.1, 0.15) is 42.5 Å². The van der Waals surface area contributed by atoms with Gasteiger partial charge in [-0.25, -0.2) is 4.79 Å². The SMILES string of the molecule is COc1cc(C(=O)NC(CC(F)(F)F)C(=O)O)ccc1OC1CCCC1. The van der Waals surface area contributed by atoms with Crippen LogP contribution in [0, 0.1) is 0 Å². The minimum atomic E-state index is -4.72. The van der Waals surface area contributed by atoms with Gasteiger partial charge in [0.1, 0.15) is 6.04 Å². The van der Waals surface area contributed by atoms with Gasteiger partial charge in [-0.1, -0.05) is 0 Å². The molecular formula is C17H20F3NO5. The molecule has 0 bridgehead atoms. The first-order chi connectivity index (χ1) is 12.2. The molecule has 0 radical (unpaired) electrons. The van der Waals surface area contributed by atoms with Gasteiger partial charge in [-0.2, -0.15) is 13.2 Å². The van der Waals surface area contributed by atoms with E-state index in [1.54, 1.807) is 0 Å². The average molecular weight is 375 g/mol. The summed E-state index contributed by atoms with van der Waals surface area (Å²) in [6, 6.07) is 2.09. The first-order valence-electron chi connectivity index (χ1n) is 8.14. The number of nitrogens with one attached hydrogen (secondary N) is 1. The third-order valence-corrected chi connectivity index (χ3v) is 4.06. The third-order valence-electron chi connectivity index (χ3n) is 4.06. The van der Waals surface area contributed by atoms with Crippen molar-refractivity contribution in [1.29, 1.82) is 0 Å². The van der Waals surface area contributed by atoms with Gasteiger partial charge >= 0.3 is 12.1 Å². The minimum Gasteiger partial charge on any atom is -0.493 e. The molecule has 26 heavy (non-hydrogen) atoms. The van der Waals surface area contributed by atoms with E-state index in [0.29, 0.717) is 5.75 Å². The van der Waals surface area contributed by atoms with Gasteiger partial charge in [0.2, 0.25) is 0 Å². The van der Waals surface area contributed by atoms with E-state index in [9.17, 15) is 22.8 Å². The number of ether oxygens (including phenoxy) is 2. The molecule has 0 saturated heterocycles. The maximum atomic E-state index is 12.4. The predicted octanol–water partition coefficient (Wildman–Crippen LogP) is 3.15. The Kier molecular flexibility index (Phi) is 6.33. The highest BCUT2D eigenvalue weighted by atomic mass is 19.4. The Morgan fingerprint density at radius 2 is 1.92 bits per heavy atom. The summed E-state index contributed by atoms with van der Waals surface area (Å²) < 4.78 is 48.3. The molecule has 6 nitrogen and oxygen atoms in total. The lowest BCUT2D eigenvalue weighted by Gasteiger charge is -2.18. The topological polar surface area (TPSA) is 84.9 Å². The van der Waals surface area contributed by atoms with E-state index in [1.807, 2.05) is 5.32 Å². The molecule has 0 heterocycles. The van der Waals surface area contributed by atoms with Crippen molar-refractivity contribution in [2.75, 3.05) is 7.11 Å². The van der Waals surface area contributed by atoms with Gasteiger partial charge in [-0.15, -0.1) is 0 Å². The molecule has 9 heteroatoms. The van der Waals surface area contributed by atoms with Crippen LogP contribution in [0.3, 0.4) is 0 Å². The fourth-order valence-electron chi connectivity index (χ4n) is 2.77. The Labute approximate surface area is 148 Å². The molecule has 1 unspecified atom stereocenters. The molecular weight excluding hydrogens is 355 g/mol. The molecule has 2 rings (SSSR count). The second-order valence-electron chi connectivity index (χ2n) is 6.07. The zero-order valence-corrected chi connectivity index (χ0v) is 14.1. The number of carbonyl (C=O) groups excluding carboxylic acids is 1. The van der Waals surface area contributed by atoms with Crippen molar-refractivity contribution in [3.8, 4) is 11.5 Å². The number of carboxylic acid groups (broad SMARTS) is 1. The van der Waals surface area contributed by atoms with Crippen molar-refractivity contribution in [3.05, 3.63) is 23.8 Å². The van der Waals surface area contributed by atoms with Gasteiger partial charge in [0.15, 0.2) is 11.5 Å². The molecule has 1 fully saturated rings. The van der Waals surface area contributed by atoms with Crippen molar-refractivity contribution >= 4 is 11.9 Å². The lowest BCUT2D eigenvalue weighted by Crippen LogP contribution is -2.43. The van der Waals surface area contributed by atoms with Crippen molar-refractivity contribution in [2.24, 2.45) is 0 Å². The zero-order valence-electron chi connectivity index (χ0n) is 14.1. The summed E-state index contributed by atoms with van der Waals surface area (Å²) in [4.78, 5) is 23.1. The van der Waals surface area contributed by atoms with Crippen LogP contribution in [0.15, 0.2) is 18.2 Å². The summed E-state index contributed by atoms with van der Waals surface area (Å²) in [5.41, 5.74) is -0.0194. The monoisotopic (exact) mass is 375 g/mol. The number of carbonyl (C=O) groups is 2. The van der Waals surface area contributed by atoms with Crippen LogP contribution in [0.4, 0.5) is 13.2 Å². The van der Waals surface area contributed by atoms with Crippen LogP contribution in [0.25, 0.3) is 0 Å². The Balaban J connectivity index is 2.11. The highest BCUT2D eigenvalue weighted by molar-refractivity contribution is 5.97. The highest BCUT2D eigenvalue weighted by Crippen LogP contribution is 2.32. The van der Waals surface area contributed by atoms with Crippen molar-refractivity contribution in [1.82, 2.24) is 5.32 Å². The number of rotatable bonds is 7. The largest absolute Gasteiger partial charge is 0.493 e. The van der Waals surface area contributed by atoms with Crippen LogP contribution >= 0.6 is 0 Å². The Morgan fingerprint density at radius 3 is 2.46 bits per heavy atom. The zero-order chi connectivity index (χ0) is 19.3. The van der Waals surface area contributed by atoms with Gasteiger partial charge in [-0.05, 0) is 43.9 Å². The van der Waals surface area contributed by atoms with Gasteiger partial charge in [-0.3, -0.25) is 4.79 Å². The third kappa shape index (κ3) is 5.53. The number of carboxylic acids is 1. The lowest BCUT2D eigenvalue weighted by atomic mass is 10.1. The fraction of sp³-hybridized carbons (Fsp3) is 0.529. The smallest absolute Gasteiger partial charge is 0.391 e. The van der Waals surface area contributed by atoms with Gasteiger partial charge in [0.25, 0.3) is 5.91 Å². The molecule has 0 aliphatic heterocycles. The standard InChI is InChI=1S/C17H20F3NO5/c1-25-14-8-10(6-7-13(14)26-11-4-2-3-5-11)15(22)21-12(16(23)24)9-17(18,19)20/h6-8,11-12H,2-5,9H2,1H3,(H,21,22)(H,23,24). The molecule has 2 N–H and O–H groups in total. The van der Waals surface area contributed by atoms with Crippen LogP contribution in [0.5, 0.6) is 11.5 Å². The quantitative estimate of drug-likeness (QED) is 0.765. The maximum absolute atomic E-state index is 12.4. The molecule has 144 valence electrons. The summed E-state index contributed by atoms with van der Waals surface area (Å²) in [7, 11) is 1.38. The number of hydrogen-bond acceptors (Lipinski definition) is 4. The fourth-order valence-corrected chi connectivity index (χ4v) is 2.77. The van der Waals surface area contributed by atoms with E-state index >= 15 is 0 Å². The number of alkyl halides is 3. The van der Waals surface area contributed by atoms with Crippen LogP contribution < -0.4 is 14.8 Å². The number of aliphatic carboxylic acids is 1. The summed E-state index contributed by atoms with van der Waals surface area (Å²) in [6.45, 7) is 0. The van der Waals surface area contributed by atoms with E-state index in [4.69, 9.17) is 14.6 Å². The maximum Gasteiger partial charge on any atom is 0.391 e. The first kappa shape index (κ1) is 19.9. The molecule has 1 aromatic carbocycles. The van der Waals surface area contributed by atoms with E-state index in [1.165, 1.54) is 25.3 Å². The van der Waals surface area contributed by atoms with Crippen molar-refractivity contribution in [2.45, 2.75) is 50.4 Å². The second kappa shape index (κ2) is 8.29. The number of methoxy groups -OCH3 is 1. The number of benzene rings is 1. The normalized spacial score (nSPS) is 16.2. The number of hydrogen-bond donors (Lipinski definition) is 2. The van der Waals surface area contributed by atoms with E-state index in [0.717, 1.165) is 25.7 Å². The van der Waals surface area contributed by atoms with Crippen LogP contribution in [-0.4, -0.2) is 42.4 Å². The molecule has 1 saturated carbocycles. The van der Waals surface area contributed by atoms with Gasteiger partial charge in [0.05, 0.1) is 19.6 Å². The molecule has 1 atom stereocenters. The van der Waals surface area contributed by atoms with Gasteiger partial charge < -0.3 is 19.9 Å². The lowest BCUT2D eigenvalue weighted by molar-refractivity contribution is -0.157. The van der Waals surface area contributed by atoms with Gasteiger partial charge in [0, 0.05) is 5.56 Å². The molecule has 1 aliphatic carbocycles. The van der Waals surface area contributed by atoms with Crippen molar-refractivity contribution < 1.29 is 37.3 Å². The Hall–Kier alpha value is -2.45. The first-order valence-corrected chi connectivity index (χ1v) is 8.14. The Bertz CT molecular complexity index is 656. The summed E-state index contributed by atoms with van der Waals surface area (Å²) >= 11 is 0. The van der Waals surface area contributed by atoms with E-state index < -0.39 is 30.5 Å². The summed E-state index contributed by atoms with van der Waals surface area (Å²) in [5, 5.41) is 10.8. The molecule has 1 aliphatic rings. The average Bonchev–Trinajstić information content (AvgIpc) is 3.06. The van der Waals surface area contributed by atoms with Crippen LogP contribution in [-0.2, 0) is 4.79 Å². The highest BCUT2D eigenvalue weighted by Gasteiger charge is 2.36. The number of amides is 1.